The molecular formula is C16H28N2O2S. The van der Waals surface area contributed by atoms with Gasteiger partial charge in [-0.15, -0.1) is 0 Å². The van der Waals surface area contributed by atoms with Crippen molar-refractivity contribution in [2.45, 2.75) is 64.2 Å². The normalized spacial score (nSPS) is 11.8. The smallest absolute Gasteiger partial charge is 0.240 e. The van der Waals surface area contributed by atoms with Gasteiger partial charge in [-0.3, -0.25) is 0 Å². The summed E-state index contributed by atoms with van der Waals surface area (Å²) in [4.78, 5) is 0.345. The Labute approximate surface area is 129 Å². The van der Waals surface area contributed by atoms with E-state index < -0.39 is 10.0 Å². The van der Waals surface area contributed by atoms with Gasteiger partial charge in [-0.05, 0) is 42.5 Å². The van der Waals surface area contributed by atoms with E-state index >= 15 is 0 Å². The second kappa shape index (κ2) is 8.39. The van der Waals surface area contributed by atoms with E-state index in [1.54, 1.807) is 6.07 Å². The molecule has 0 radical (unpaired) electrons. The summed E-state index contributed by atoms with van der Waals surface area (Å²) >= 11 is 0. The van der Waals surface area contributed by atoms with Crippen molar-refractivity contribution >= 4 is 15.7 Å². The molecule has 0 aliphatic heterocycles. The van der Waals surface area contributed by atoms with Crippen LogP contribution in [-0.2, 0) is 22.9 Å². The molecule has 0 aliphatic rings. The highest BCUT2D eigenvalue weighted by Gasteiger charge is 2.19. The molecular weight excluding hydrogens is 284 g/mol. The van der Waals surface area contributed by atoms with E-state index in [0.29, 0.717) is 29.1 Å². The summed E-state index contributed by atoms with van der Waals surface area (Å²) < 4.78 is 27.7. The summed E-state index contributed by atoms with van der Waals surface area (Å²) in [6, 6.07) is 3.63. The summed E-state index contributed by atoms with van der Waals surface area (Å²) in [6.07, 6.45) is 5.59. The Bertz CT molecular complexity index is 554. The van der Waals surface area contributed by atoms with Crippen LogP contribution in [0, 0.1) is 0 Å². The zero-order chi connectivity index (χ0) is 15.9. The van der Waals surface area contributed by atoms with Crippen LogP contribution in [0.25, 0.3) is 0 Å². The lowest BCUT2D eigenvalue weighted by molar-refractivity contribution is 0.572. The molecule has 0 heterocycles. The quantitative estimate of drug-likeness (QED) is 0.543. The van der Waals surface area contributed by atoms with Crippen LogP contribution in [0.4, 0.5) is 5.69 Å². The number of sulfonamides is 1. The lowest BCUT2D eigenvalue weighted by Gasteiger charge is -2.14. The van der Waals surface area contributed by atoms with Crippen molar-refractivity contribution in [1.29, 1.82) is 0 Å². The second-order valence-electron chi connectivity index (χ2n) is 5.33. The van der Waals surface area contributed by atoms with Gasteiger partial charge >= 0.3 is 0 Å². The molecule has 1 rings (SSSR count). The van der Waals surface area contributed by atoms with E-state index in [9.17, 15) is 8.42 Å². The van der Waals surface area contributed by atoms with Crippen LogP contribution >= 0.6 is 0 Å². The molecule has 0 saturated carbocycles. The van der Waals surface area contributed by atoms with Crippen LogP contribution in [0.1, 0.15) is 57.6 Å². The number of unbranched alkanes of at least 4 members (excludes halogenated alkanes) is 3. The van der Waals surface area contributed by atoms with E-state index in [0.717, 1.165) is 37.7 Å². The fourth-order valence-corrected chi connectivity index (χ4v) is 3.85. The first-order chi connectivity index (χ1) is 9.96. The third-order valence-electron chi connectivity index (χ3n) is 3.68. The van der Waals surface area contributed by atoms with E-state index in [4.69, 9.17) is 5.73 Å². The Morgan fingerprint density at radius 1 is 1.05 bits per heavy atom. The maximum absolute atomic E-state index is 12.5. The first-order valence-electron chi connectivity index (χ1n) is 7.87. The predicted octanol–water partition coefficient (Wildman–Crippen LogP) is 3.25. The minimum absolute atomic E-state index is 0.345. The van der Waals surface area contributed by atoms with E-state index in [1.807, 2.05) is 19.9 Å². The molecule has 5 heteroatoms. The largest absolute Gasteiger partial charge is 0.398 e. The Kier molecular flexibility index (Phi) is 7.18. The van der Waals surface area contributed by atoms with Crippen LogP contribution in [0.15, 0.2) is 17.0 Å². The van der Waals surface area contributed by atoms with Crippen LogP contribution in [0.3, 0.4) is 0 Å². The molecule has 0 amide bonds. The van der Waals surface area contributed by atoms with Crippen LogP contribution in [0.2, 0.25) is 0 Å². The van der Waals surface area contributed by atoms with Gasteiger partial charge in [0.1, 0.15) is 0 Å². The molecule has 21 heavy (non-hydrogen) atoms. The van der Waals surface area contributed by atoms with Gasteiger partial charge in [0.15, 0.2) is 0 Å². The van der Waals surface area contributed by atoms with Crippen molar-refractivity contribution in [3.05, 3.63) is 23.3 Å². The number of rotatable bonds is 9. The number of hydrogen-bond donors (Lipinski definition) is 2. The molecule has 0 atom stereocenters. The monoisotopic (exact) mass is 312 g/mol. The van der Waals surface area contributed by atoms with E-state index in [-0.39, 0.29) is 0 Å². The highest BCUT2D eigenvalue weighted by atomic mass is 32.2. The topological polar surface area (TPSA) is 72.2 Å². The number of benzene rings is 1. The Balaban J connectivity index is 2.93. The molecule has 0 bridgehead atoms. The Hall–Kier alpha value is -1.07. The molecule has 1 aromatic rings. The van der Waals surface area contributed by atoms with Crippen LogP contribution < -0.4 is 10.5 Å². The number of hydrogen-bond acceptors (Lipinski definition) is 3. The SMILES string of the molecule is CCCCCCNS(=O)(=O)c1cc(CC)cc(N)c1CC. The fraction of sp³-hybridized carbons (Fsp3) is 0.625. The summed E-state index contributed by atoms with van der Waals surface area (Å²) in [7, 11) is -3.48. The molecule has 0 unspecified atom stereocenters. The molecule has 4 nitrogen and oxygen atoms in total. The van der Waals surface area contributed by atoms with Crippen molar-refractivity contribution in [3.63, 3.8) is 0 Å². The fourth-order valence-electron chi connectivity index (χ4n) is 2.38. The molecule has 3 N–H and O–H groups in total. The second-order valence-corrected chi connectivity index (χ2v) is 7.06. The zero-order valence-electron chi connectivity index (χ0n) is 13.4. The van der Waals surface area contributed by atoms with Crippen molar-refractivity contribution in [2.24, 2.45) is 0 Å². The number of anilines is 1. The molecule has 1 aromatic carbocycles. The average molecular weight is 312 g/mol. The number of nitrogen functional groups attached to an aromatic ring is 1. The Morgan fingerprint density at radius 2 is 1.76 bits per heavy atom. The maximum Gasteiger partial charge on any atom is 0.240 e. The molecule has 0 spiro atoms. The maximum atomic E-state index is 12.5. The standard InChI is InChI=1S/C16H28N2O2S/c1-4-7-8-9-10-18-21(19,20)16-12-13(5-2)11-15(17)14(16)6-3/h11-12,18H,4-10,17H2,1-3H3. The summed E-state index contributed by atoms with van der Waals surface area (Å²) in [5.74, 6) is 0. The highest BCUT2D eigenvalue weighted by molar-refractivity contribution is 7.89. The van der Waals surface area contributed by atoms with Gasteiger partial charge < -0.3 is 5.73 Å². The van der Waals surface area contributed by atoms with Gasteiger partial charge in [0.2, 0.25) is 10.0 Å². The minimum atomic E-state index is -3.48. The number of nitrogens with two attached hydrogens (primary N) is 1. The minimum Gasteiger partial charge on any atom is -0.398 e. The van der Waals surface area contributed by atoms with E-state index in [2.05, 4.69) is 11.6 Å². The average Bonchev–Trinajstić information content (AvgIpc) is 2.46. The molecule has 0 fully saturated rings. The van der Waals surface area contributed by atoms with Crippen LogP contribution in [0.5, 0.6) is 0 Å². The third-order valence-corrected chi connectivity index (χ3v) is 5.20. The third kappa shape index (κ3) is 5.00. The summed E-state index contributed by atoms with van der Waals surface area (Å²) in [5, 5.41) is 0. The van der Waals surface area contributed by atoms with E-state index in [1.165, 1.54) is 0 Å². The summed E-state index contributed by atoms with van der Waals surface area (Å²) in [5.41, 5.74) is 8.25. The van der Waals surface area contributed by atoms with Crippen molar-refractivity contribution in [3.8, 4) is 0 Å². The first-order valence-corrected chi connectivity index (χ1v) is 9.35. The van der Waals surface area contributed by atoms with Crippen molar-refractivity contribution < 1.29 is 8.42 Å². The molecule has 0 aromatic heterocycles. The van der Waals surface area contributed by atoms with Crippen LogP contribution in [-0.4, -0.2) is 15.0 Å². The van der Waals surface area contributed by atoms with Gasteiger partial charge in [-0.2, -0.15) is 0 Å². The molecule has 0 aliphatic carbocycles. The molecule has 120 valence electrons. The zero-order valence-corrected chi connectivity index (χ0v) is 14.2. The lowest BCUT2D eigenvalue weighted by Crippen LogP contribution is -2.26. The van der Waals surface area contributed by atoms with Gasteiger partial charge in [-0.25, -0.2) is 13.1 Å². The predicted molar refractivity (Wildman–Crippen MR) is 88.9 cm³/mol. The Morgan fingerprint density at radius 3 is 2.33 bits per heavy atom. The van der Waals surface area contributed by atoms with Crippen molar-refractivity contribution in [1.82, 2.24) is 4.72 Å². The van der Waals surface area contributed by atoms with Gasteiger partial charge in [0.05, 0.1) is 4.90 Å². The van der Waals surface area contributed by atoms with Gasteiger partial charge in [0, 0.05) is 12.2 Å². The molecule has 0 saturated heterocycles. The van der Waals surface area contributed by atoms with Crippen molar-refractivity contribution in [2.75, 3.05) is 12.3 Å². The number of aryl methyl sites for hydroxylation is 1. The van der Waals surface area contributed by atoms with Gasteiger partial charge in [0.25, 0.3) is 0 Å². The number of nitrogens with one attached hydrogen (secondary N) is 1. The first kappa shape index (κ1) is 18.0. The van der Waals surface area contributed by atoms with Gasteiger partial charge in [-0.1, -0.05) is 40.0 Å². The highest BCUT2D eigenvalue weighted by Crippen LogP contribution is 2.25. The lowest BCUT2D eigenvalue weighted by atomic mass is 10.1. The summed E-state index contributed by atoms with van der Waals surface area (Å²) in [6.45, 7) is 6.55.